The molecule has 0 aliphatic rings. The van der Waals surface area contributed by atoms with Crippen molar-refractivity contribution in [2.24, 2.45) is 0 Å². The van der Waals surface area contributed by atoms with Gasteiger partial charge in [0.15, 0.2) is 0 Å². The van der Waals surface area contributed by atoms with Gasteiger partial charge in [-0.3, -0.25) is 0 Å². The van der Waals surface area contributed by atoms with Crippen molar-refractivity contribution in [3.63, 3.8) is 0 Å². The molecule has 3 nitrogen and oxygen atoms in total. The fourth-order valence-electron chi connectivity index (χ4n) is 1.88. The van der Waals surface area contributed by atoms with E-state index in [9.17, 15) is 4.79 Å². The van der Waals surface area contributed by atoms with Gasteiger partial charge in [0.1, 0.15) is 16.0 Å². The van der Waals surface area contributed by atoms with Crippen molar-refractivity contribution in [3.8, 4) is 0 Å². The van der Waals surface area contributed by atoms with Gasteiger partial charge in [0, 0.05) is 16.2 Å². The van der Waals surface area contributed by atoms with Gasteiger partial charge in [0.25, 0.3) is 0 Å². The molecule has 0 fully saturated rings. The Kier molecular flexibility index (Phi) is 1.82. The van der Waals surface area contributed by atoms with Gasteiger partial charge >= 0.3 is 5.63 Å². The molecule has 0 saturated heterocycles. The highest BCUT2D eigenvalue weighted by atomic mass is 32.1. The van der Waals surface area contributed by atoms with Gasteiger partial charge in [-0.2, -0.15) is 0 Å². The second-order valence-electron chi connectivity index (χ2n) is 3.78. The van der Waals surface area contributed by atoms with Crippen LogP contribution in [0.4, 0.5) is 5.00 Å². The Morgan fingerprint density at radius 3 is 2.94 bits per heavy atom. The van der Waals surface area contributed by atoms with E-state index >= 15 is 0 Å². The van der Waals surface area contributed by atoms with E-state index in [-0.39, 0.29) is 5.63 Å². The Morgan fingerprint density at radius 1 is 1.31 bits per heavy atom. The number of nitrogens with two attached hydrogens (primary N) is 1. The molecule has 2 aromatic heterocycles. The summed E-state index contributed by atoms with van der Waals surface area (Å²) < 4.78 is 5.24. The van der Waals surface area contributed by atoms with Crippen molar-refractivity contribution >= 4 is 38.1 Å². The van der Waals surface area contributed by atoms with Gasteiger partial charge in [0.2, 0.25) is 0 Å². The Hall–Kier alpha value is -1.81. The van der Waals surface area contributed by atoms with Gasteiger partial charge < -0.3 is 10.2 Å². The fraction of sp³-hybridized carbons (Fsp3) is 0.0833. The number of aryl methyl sites for hydroxylation is 1. The summed E-state index contributed by atoms with van der Waals surface area (Å²) in [5.74, 6) is 0. The Balaban J connectivity index is 2.67. The molecular weight excluding hydrogens is 222 g/mol. The van der Waals surface area contributed by atoms with Crippen molar-refractivity contribution in [3.05, 3.63) is 39.6 Å². The van der Waals surface area contributed by atoms with Crippen LogP contribution in [0.15, 0.2) is 32.8 Å². The first-order valence-corrected chi connectivity index (χ1v) is 5.75. The van der Waals surface area contributed by atoms with Gasteiger partial charge in [-0.05, 0) is 19.1 Å². The van der Waals surface area contributed by atoms with Crippen molar-refractivity contribution in [2.45, 2.75) is 6.92 Å². The normalized spacial score (nSPS) is 11.3. The lowest BCUT2D eigenvalue weighted by atomic mass is 10.1. The predicted molar refractivity (Wildman–Crippen MR) is 67.0 cm³/mol. The molecule has 2 N–H and O–H groups in total. The van der Waals surface area contributed by atoms with Gasteiger partial charge in [-0.1, -0.05) is 11.6 Å². The zero-order chi connectivity index (χ0) is 11.3. The molecule has 0 unspecified atom stereocenters. The minimum absolute atomic E-state index is 0.356. The molecule has 80 valence electrons. The SMILES string of the molecule is Cc1ccc2oc(=O)c3c(N)scc3c2c1. The van der Waals surface area contributed by atoms with Crippen LogP contribution in [0.2, 0.25) is 0 Å². The number of hydrogen-bond donors (Lipinski definition) is 1. The highest BCUT2D eigenvalue weighted by Crippen LogP contribution is 2.31. The summed E-state index contributed by atoms with van der Waals surface area (Å²) in [6, 6.07) is 5.75. The molecule has 0 saturated carbocycles. The quantitative estimate of drug-likeness (QED) is 0.605. The first-order valence-electron chi connectivity index (χ1n) is 4.87. The standard InChI is InChI=1S/C12H9NO2S/c1-6-2-3-9-7(4-6)8-5-16-11(13)10(8)12(14)15-9/h2-5H,13H2,1H3. The second kappa shape index (κ2) is 3.09. The number of nitrogen functional groups attached to an aromatic ring is 1. The van der Waals surface area contributed by atoms with Crippen LogP contribution in [0.25, 0.3) is 21.7 Å². The fourth-order valence-corrected chi connectivity index (χ4v) is 2.68. The van der Waals surface area contributed by atoms with Crippen molar-refractivity contribution in [2.75, 3.05) is 5.73 Å². The molecule has 0 atom stereocenters. The maximum atomic E-state index is 11.7. The molecule has 3 rings (SSSR count). The smallest absolute Gasteiger partial charge is 0.347 e. The van der Waals surface area contributed by atoms with E-state index in [2.05, 4.69) is 0 Å². The van der Waals surface area contributed by atoms with E-state index in [0.29, 0.717) is 16.0 Å². The Morgan fingerprint density at radius 2 is 2.12 bits per heavy atom. The summed E-state index contributed by atoms with van der Waals surface area (Å²) in [5, 5.41) is 4.76. The van der Waals surface area contributed by atoms with Crippen molar-refractivity contribution in [1.29, 1.82) is 0 Å². The first-order chi connectivity index (χ1) is 7.66. The van der Waals surface area contributed by atoms with E-state index in [4.69, 9.17) is 10.2 Å². The lowest BCUT2D eigenvalue weighted by Crippen LogP contribution is -2.00. The van der Waals surface area contributed by atoms with Gasteiger partial charge in [-0.25, -0.2) is 4.79 Å². The highest BCUT2D eigenvalue weighted by molar-refractivity contribution is 7.16. The molecule has 0 radical (unpaired) electrons. The average molecular weight is 231 g/mol. The molecule has 1 aromatic carbocycles. The number of rotatable bonds is 0. The summed E-state index contributed by atoms with van der Waals surface area (Å²) in [5.41, 5.74) is 7.15. The van der Waals surface area contributed by atoms with Crippen LogP contribution >= 0.6 is 11.3 Å². The zero-order valence-electron chi connectivity index (χ0n) is 8.61. The third kappa shape index (κ3) is 1.17. The molecule has 3 aromatic rings. The van der Waals surface area contributed by atoms with E-state index in [0.717, 1.165) is 16.3 Å². The maximum Gasteiger partial charge on any atom is 0.347 e. The Bertz CT molecular complexity index is 755. The number of hydrogen-bond acceptors (Lipinski definition) is 4. The molecule has 0 aliphatic heterocycles. The highest BCUT2D eigenvalue weighted by Gasteiger charge is 2.11. The first kappa shape index (κ1) is 9.42. The second-order valence-corrected chi connectivity index (χ2v) is 4.69. The van der Waals surface area contributed by atoms with E-state index in [1.807, 2.05) is 30.5 Å². The van der Waals surface area contributed by atoms with E-state index < -0.39 is 0 Å². The van der Waals surface area contributed by atoms with Crippen LogP contribution in [-0.4, -0.2) is 0 Å². The summed E-state index contributed by atoms with van der Waals surface area (Å²) in [7, 11) is 0. The number of anilines is 1. The maximum absolute atomic E-state index is 11.7. The monoisotopic (exact) mass is 231 g/mol. The Labute approximate surface area is 95.1 Å². The third-order valence-electron chi connectivity index (χ3n) is 2.65. The number of benzene rings is 1. The van der Waals surface area contributed by atoms with Crippen LogP contribution in [0.3, 0.4) is 0 Å². The molecule has 0 spiro atoms. The van der Waals surface area contributed by atoms with Crippen LogP contribution in [0.5, 0.6) is 0 Å². The molecule has 16 heavy (non-hydrogen) atoms. The minimum Gasteiger partial charge on any atom is -0.422 e. The van der Waals surface area contributed by atoms with Crippen molar-refractivity contribution in [1.82, 2.24) is 0 Å². The predicted octanol–water partition coefficient (Wildman–Crippen LogP) is 2.90. The van der Waals surface area contributed by atoms with E-state index in [1.54, 1.807) is 0 Å². The molecular formula is C12H9NO2S. The van der Waals surface area contributed by atoms with Crippen LogP contribution in [-0.2, 0) is 0 Å². The van der Waals surface area contributed by atoms with E-state index in [1.165, 1.54) is 11.3 Å². The molecule has 2 heterocycles. The van der Waals surface area contributed by atoms with Gasteiger partial charge in [0.05, 0.1) is 0 Å². The summed E-state index contributed by atoms with van der Waals surface area (Å²) in [4.78, 5) is 11.7. The van der Waals surface area contributed by atoms with Crippen LogP contribution < -0.4 is 11.4 Å². The third-order valence-corrected chi connectivity index (χ3v) is 3.46. The summed E-state index contributed by atoms with van der Waals surface area (Å²) >= 11 is 1.37. The molecule has 0 amide bonds. The molecule has 0 bridgehead atoms. The largest absolute Gasteiger partial charge is 0.422 e. The average Bonchev–Trinajstić information content (AvgIpc) is 2.63. The van der Waals surface area contributed by atoms with Crippen LogP contribution in [0, 0.1) is 6.92 Å². The zero-order valence-corrected chi connectivity index (χ0v) is 9.43. The lowest BCUT2D eigenvalue weighted by Gasteiger charge is -1.99. The number of thiophene rings is 1. The lowest BCUT2D eigenvalue weighted by molar-refractivity contribution is 0.570. The summed E-state index contributed by atoms with van der Waals surface area (Å²) in [6.45, 7) is 2.01. The van der Waals surface area contributed by atoms with Gasteiger partial charge in [-0.15, -0.1) is 11.3 Å². The van der Waals surface area contributed by atoms with Crippen LogP contribution in [0.1, 0.15) is 5.56 Å². The van der Waals surface area contributed by atoms with Crippen molar-refractivity contribution < 1.29 is 4.42 Å². The minimum atomic E-state index is -0.356. The molecule has 4 heteroatoms. The topological polar surface area (TPSA) is 56.2 Å². The number of fused-ring (bicyclic) bond motifs is 3. The molecule has 0 aliphatic carbocycles. The summed E-state index contributed by atoms with van der Waals surface area (Å²) in [6.07, 6.45) is 0.